The molecular weight excluding hydrogens is 176 g/mol. The monoisotopic (exact) mass is 190 g/mol. The van der Waals surface area contributed by atoms with E-state index in [4.69, 9.17) is 9.47 Å². The zero-order chi connectivity index (χ0) is 10.0. The lowest BCUT2D eigenvalue weighted by Gasteiger charge is -2.08. The summed E-state index contributed by atoms with van der Waals surface area (Å²) >= 11 is 0. The van der Waals surface area contributed by atoms with Gasteiger partial charge in [-0.25, -0.2) is 0 Å². The van der Waals surface area contributed by atoms with Crippen molar-refractivity contribution in [1.82, 2.24) is 0 Å². The van der Waals surface area contributed by atoms with E-state index < -0.39 is 0 Å². The van der Waals surface area contributed by atoms with Crippen LogP contribution < -0.4 is 4.74 Å². The van der Waals surface area contributed by atoms with Crippen LogP contribution in [0.3, 0.4) is 0 Å². The summed E-state index contributed by atoms with van der Waals surface area (Å²) in [4.78, 5) is 0. The maximum absolute atomic E-state index is 5.57. The standard InChI is InChI=1S/C12H14O2/c1-3-10-4-6-11(7-5-10)13-8-12(2)9-14-12/h3-7H,1,8-9H2,2H3. The number of benzene rings is 1. The van der Waals surface area contributed by atoms with E-state index in [0.29, 0.717) is 6.61 Å². The minimum absolute atomic E-state index is 0.0445. The van der Waals surface area contributed by atoms with Gasteiger partial charge < -0.3 is 9.47 Å². The van der Waals surface area contributed by atoms with Gasteiger partial charge in [0.15, 0.2) is 0 Å². The van der Waals surface area contributed by atoms with Gasteiger partial charge in [0.1, 0.15) is 18.0 Å². The smallest absolute Gasteiger partial charge is 0.123 e. The van der Waals surface area contributed by atoms with Gasteiger partial charge in [-0.1, -0.05) is 24.8 Å². The van der Waals surface area contributed by atoms with E-state index in [2.05, 4.69) is 6.58 Å². The molecule has 1 atom stereocenters. The Morgan fingerprint density at radius 2 is 2.14 bits per heavy atom. The molecule has 0 radical (unpaired) electrons. The molecule has 2 heteroatoms. The first-order chi connectivity index (χ1) is 6.72. The van der Waals surface area contributed by atoms with Crippen LogP contribution in [0.15, 0.2) is 30.8 Å². The van der Waals surface area contributed by atoms with E-state index in [1.165, 1.54) is 0 Å². The molecule has 1 fully saturated rings. The third-order valence-electron chi connectivity index (χ3n) is 2.30. The number of hydrogen-bond donors (Lipinski definition) is 0. The van der Waals surface area contributed by atoms with Gasteiger partial charge in [0.05, 0.1) is 6.61 Å². The maximum Gasteiger partial charge on any atom is 0.123 e. The molecule has 0 N–H and O–H groups in total. The molecule has 1 saturated heterocycles. The van der Waals surface area contributed by atoms with E-state index in [1.54, 1.807) is 0 Å². The number of epoxide rings is 1. The number of rotatable bonds is 4. The van der Waals surface area contributed by atoms with Gasteiger partial charge in [-0.3, -0.25) is 0 Å². The van der Waals surface area contributed by atoms with Crippen molar-refractivity contribution in [3.8, 4) is 5.75 Å². The van der Waals surface area contributed by atoms with E-state index in [9.17, 15) is 0 Å². The fraction of sp³-hybridized carbons (Fsp3) is 0.333. The van der Waals surface area contributed by atoms with Gasteiger partial charge in [0.2, 0.25) is 0 Å². The quantitative estimate of drug-likeness (QED) is 0.680. The van der Waals surface area contributed by atoms with Crippen molar-refractivity contribution in [2.75, 3.05) is 13.2 Å². The van der Waals surface area contributed by atoms with Crippen molar-refractivity contribution in [3.63, 3.8) is 0 Å². The molecule has 0 amide bonds. The van der Waals surface area contributed by atoms with E-state index >= 15 is 0 Å². The summed E-state index contributed by atoms with van der Waals surface area (Å²) in [5.41, 5.74) is 1.06. The lowest BCUT2D eigenvalue weighted by atomic mass is 10.2. The number of ether oxygens (including phenoxy) is 2. The average molecular weight is 190 g/mol. The first-order valence-corrected chi connectivity index (χ1v) is 4.71. The SMILES string of the molecule is C=Cc1ccc(OCC2(C)CO2)cc1. The van der Waals surface area contributed by atoms with Crippen LogP contribution in [0.25, 0.3) is 6.08 Å². The minimum Gasteiger partial charge on any atom is -0.491 e. The molecule has 1 unspecified atom stereocenters. The van der Waals surface area contributed by atoms with Crippen molar-refractivity contribution < 1.29 is 9.47 Å². The highest BCUT2D eigenvalue weighted by atomic mass is 16.6. The maximum atomic E-state index is 5.57. The summed E-state index contributed by atoms with van der Waals surface area (Å²) in [6.07, 6.45) is 1.81. The molecule has 0 aliphatic carbocycles. The van der Waals surface area contributed by atoms with Gasteiger partial charge in [-0.2, -0.15) is 0 Å². The van der Waals surface area contributed by atoms with Crippen molar-refractivity contribution in [2.24, 2.45) is 0 Å². The average Bonchev–Trinajstić information content (AvgIpc) is 2.95. The molecule has 1 aromatic rings. The van der Waals surface area contributed by atoms with E-state index in [0.717, 1.165) is 17.9 Å². The fourth-order valence-electron chi connectivity index (χ4n) is 1.14. The van der Waals surface area contributed by atoms with E-state index in [1.807, 2.05) is 37.3 Å². The second-order valence-corrected chi connectivity index (χ2v) is 3.80. The minimum atomic E-state index is -0.0445. The van der Waals surface area contributed by atoms with Crippen LogP contribution in [0.4, 0.5) is 0 Å². The van der Waals surface area contributed by atoms with Crippen LogP contribution >= 0.6 is 0 Å². The largest absolute Gasteiger partial charge is 0.491 e. The highest BCUT2D eigenvalue weighted by Gasteiger charge is 2.40. The molecule has 1 aliphatic rings. The third-order valence-corrected chi connectivity index (χ3v) is 2.30. The second kappa shape index (κ2) is 3.46. The number of hydrogen-bond acceptors (Lipinski definition) is 2. The third kappa shape index (κ3) is 2.15. The highest BCUT2D eigenvalue weighted by molar-refractivity contribution is 5.48. The summed E-state index contributed by atoms with van der Waals surface area (Å²) in [5.74, 6) is 0.882. The summed E-state index contributed by atoms with van der Waals surface area (Å²) in [5, 5.41) is 0. The van der Waals surface area contributed by atoms with Crippen molar-refractivity contribution >= 4 is 6.08 Å². The molecule has 1 aliphatic heterocycles. The van der Waals surface area contributed by atoms with Crippen LogP contribution in [0.2, 0.25) is 0 Å². The molecule has 1 aromatic carbocycles. The van der Waals surface area contributed by atoms with Gasteiger partial charge >= 0.3 is 0 Å². The molecule has 1 heterocycles. The first kappa shape index (κ1) is 9.28. The Morgan fingerprint density at radius 3 is 2.64 bits per heavy atom. The Kier molecular flexibility index (Phi) is 2.30. The molecule has 2 nitrogen and oxygen atoms in total. The Morgan fingerprint density at radius 1 is 1.50 bits per heavy atom. The van der Waals surface area contributed by atoms with Gasteiger partial charge in [0, 0.05) is 0 Å². The molecule has 0 spiro atoms. The molecule has 14 heavy (non-hydrogen) atoms. The van der Waals surface area contributed by atoms with E-state index in [-0.39, 0.29) is 5.60 Å². The molecular formula is C12H14O2. The lowest BCUT2D eigenvalue weighted by Crippen LogP contribution is -2.16. The summed E-state index contributed by atoms with van der Waals surface area (Å²) in [7, 11) is 0. The zero-order valence-electron chi connectivity index (χ0n) is 8.32. The molecule has 0 bridgehead atoms. The summed E-state index contributed by atoms with van der Waals surface area (Å²) in [6, 6.07) is 7.86. The first-order valence-electron chi connectivity index (χ1n) is 4.71. The Labute approximate surface area is 84.2 Å². The van der Waals surface area contributed by atoms with Crippen LogP contribution in [-0.4, -0.2) is 18.8 Å². The molecule has 0 aromatic heterocycles. The Bertz CT molecular complexity index is 323. The van der Waals surface area contributed by atoms with Gasteiger partial charge in [-0.05, 0) is 24.6 Å². The topological polar surface area (TPSA) is 21.8 Å². The fourth-order valence-corrected chi connectivity index (χ4v) is 1.14. The zero-order valence-corrected chi connectivity index (χ0v) is 8.32. The molecule has 0 saturated carbocycles. The predicted molar refractivity (Wildman–Crippen MR) is 56.4 cm³/mol. The summed E-state index contributed by atoms with van der Waals surface area (Å²) in [6.45, 7) is 7.17. The van der Waals surface area contributed by atoms with Gasteiger partial charge in [-0.15, -0.1) is 0 Å². The summed E-state index contributed by atoms with van der Waals surface area (Å²) < 4.78 is 10.8. The van der Waals surface area contributed by atoms with Crippen molar-refractivity contribution in [1.29, 1.82) is 0 Å². The van der Waals surface area contributed by atoms with Crippen LogP contribution in [-0.2, 0) is 4.74 Å². The normalized spacial score (nSPS) is 24.4. The predicted octanol–water partition coefficient (Wildman–Crippen LogP) is 2.50. The molecule has 74 valence electrons. The Hall–Kier alpha value is -1.28. The lowest BCUT2D eigenvalue weighted by molar-refractivity contribution is 0.202. The van der Waals surface area contributed by atoms with Crippen LogP contribution in [0.5, 0.6) is 5.75 Å². The van der Waals surface area contributed by atoms with Crippen molar-refractivity contribution in [3.05, 3.63) is 36.4 Å². The van der Waals surface area contributed by atoms with Crippen LogP contribution in [0, 0.1) is 0 Å². The highest BCUT2D eigenvalue weighted by Crippen LogP contribution is 2.26. The van der Waals surface area contributed by atoms with Crippen molar-refractivity contribution in [2.45, 2.75) is 12.5 Å². The van der Waals surface area contributed by atoms with Crippen LogP contribution in [0.1, 0.15) is 12.5 Å². The Balaban J connectivity index is 1.92. The second-order valence-electron chi connectivity index (χ2n) is 3.80. The molecule has 2 rings (SSSR count). The van der Waals surface area contributed by atoms with Gasteiger partial charge in [0.25, 0.3) is 0 Å².